The molecule has 26 heavy (non-hydrogen) atoms. The molecule has 0 spiro atoms. The fourth-order valence-corrected chi connectivity index (χ4v) is 5.45. The van der Waals surface area contributed by atoms with Gasteiger partial charge < -0.3 is 9.64 Å². The Hall–Kier alpha value is -2.03. The van der Waals surface area contributed by atoms with Crippen LogP contribution < -0.4 is 0 Å². The molecule has 1 amide bonds. The number of sulfone groups is 1. The van der Waals surface area contributed by atoms with Crippen molar-refractivity contribution in [1.29, 1.82) is 0 Å². The van der Waals surface area contributed by atoms with Crippen LogP contribution in [-0.2, 0) is 19.4 Å². The normalized spacial score (nSPS) is 22.7. The van der Waals surface area contributed by atoms with E-state index in [2.05, 4.69) is 9.97 Å². The second-order valence-corrected chi connectivity index (χ2v) is 9.05. The molecule has 142 valence electrons. The van der Waals surface area contributed by atoms with E-state index in [1.807, 2.05) is 0 Å². The maximum Gasteiger partial charge on any atom is 0.359 e. The van der Waals surface area contributed by atoms with Gasteiger partial charge >= 0.3 is 5.97 Å². The third-order valence-electron chi connectivity index (χ3n) is 4.96. The lowest BCUT2D eigenvalue weighted by Gasteiger charge is -2.38. The van der Waals surface area contributed by atoms with Gasteiger partial charge in [0.15, 0.2) is 22.1 Å². The molecular formula is C17H23N3O5S. The van der Waals surface area contributed by atoms with Crippen molar-refractivity contribution >= 4 is 21.7 Å². The summed E-state index contributed by atoms with van der Waals surface area (Å²) in [5.41, 5.74) is 0.0351. The molecule has 0 N–H and O–H groups in total. The highest BCUT2D eigenvalue weighted by Crippen LogP contribution is 2.28. The lowest BCUT2D eigenvalue weighted by Crippen LogP contribution is -2.50. The van der Waals surface area contributed by atoms with E-state index in [1.165, 1.54) is 18.6 Å². The van der Waals surface area contributed by atoms with Gasteiger partial charge in [-0.3, -0.25) is 9.78 Å². The van der Waals surface area contributed by atoms with Gasteiger partial charge in [0.25, 0.3) is 5.91 Å². The van der Waals surface area contributed by atoms with Crippen LogP contribution >= 0.6 is 0 Å². The molecule has 1 aromatic rings. The monoisotopic (exact) mass is 381 g/mol. The number of hydrogen-bond donors (Lipinski definition) is 0. The number of amides is 1. The van der Waals surface area contributed by atoms with Crippen LogP contribution in [0.2, 0.25) is 0 Å². The van der Waals surface area contributed by atoms with E-state index in [-0.39, 0.29) is 35.2 Å². The van der Waals surface area contributed by atoms with Gasteiger partial charge in [-0.2, -0.15) is 0 Å². The largest absolute Gasteiger partial charge is 0.451 e. The fourth-order valence-electron chi connectivity index (χ4n) is 3.74. The van der Waals surface area contributed by atoms with Crippen molar-refractivity contribution in [1.82, 2.24) is 14.9 Å². The maximum atomic E-state index is 12.8. The molecule has 1 aromatic heterocycles. The number of nitrogens with zero attached hydrogens (tertiary/aromatic N) is 3. The number of carbonyl (C=O) groups excluding carboxylic acids is 2. The highest BCUT2D eigenvalue weighted by molar-refractivity contribution is 7.91. The van der Waals surface area contributed by atoms with Crippen molar-refractivity contribution in [2.75, 3.05) is 18.1 Å². The van der Waals surface area contributed by atoms with Crippen molar-refractivity contribution in [2.24, 2.45) is 0 Å². The standard InChI is InChI=1S/C17H23N3O5S/c21-16(11-25-17(22)15-10-18-7-8-19-15)20(13-4-2-1-3-5-13)14-6-9-26(23,24)12-14/h7-8,10,13-14H,1-6,9,11-12H2/t14-/m1/s1. The predicted molar refractivity (Wildman–Crippen MR) is 93.1 cm³/mol. The van der Waals surface area contributed by atoms with Crippen molar-refractivity contribution in [3.63, 3.8) is 0 Å². The predicted octanol–water partition coefficient (Wildman–Crippen LogP) is 0.982. The molecule has 0 radical (unpaired) electrons. The van der Waals surface area contributed by atoms with Crippen LogP contribution in [0, 0.1) is 0 Å². The molecule has 0 aromatic carbocycles. The van der Waals surface area contributed by atoms with E-state index < -0.39 is 22.4 Å². The van der Waals surface area contributed by atoms with E-state index in [1.54, 1.807) is 4.90 Å². The van der Waals surface area contributed by atoms with Crippen molar-refractivity contribution in [3.05, 3.63) is 24.3 Å². The summed E-state index contributed by atoms with van der Waals surface area (Å²) in [6.07, 6.45) is 9.42. The quantitative estimate of drug-likeness (QED) is 0.700. The summed E-state index contributed by atoms with van der Waals surface area (Å²) in [5.74, 6) is -0.953. The Labute approximate surface area is 152 Å². The average Bonchev–Trinajstić information content (AvgIpc) is 3.01. The molecule has 8 nitrogen and oxygen atoms in total. The van der Waals surface area contributed by atoms with Gasteiger partial charge in [-0.1, -0.05) is 19.3 Å². The zero-order chi connectivity index (χ0) is 18.6. The molecule has 1 aliphatic heterocycles. The highest BCUT2D eigenvalue weighted by Gasteiger charge is 2.38. The molecule has 0 bridgehead atoms. The number of esters is 1. The molecule has 1 saturated carbocycles. The van der Waals surface area contributed by atoms with Gasteiger partial charge in [-0.05, 0) is 19.3 Å². The second kappa shape index (κ2) is 8.11. The van der Waals surface area contributed by atoms with Crippen molar-refractivity contribution < 1.29 is 22.7 Å². The summed E-state index contributed by atoms with van der Waals surface area (Å²) >= 11 is 0. The van der Waals surface area contributed by atoms with Crippen LogP contribution in [0.3, 0.4) is 0 Å². The first-order chi connectivity index (χ1) is 12.5. The number of hydrogen-bond acceptors (Lipinski definition) is 7. The average molecular weight is 381 g/mol. The van der Waals surface area contributed by atoms with E-state index in [0.29, 0.717) is 6.42 Å². The topological polar surface area (TPSA) is 107 Å². The molecule has 9 heteroatoms. The Bertz CT molecular complexity index is 747. The van der Waals surface area contributed by atoms with Gasteiger partial charge in [-0.25, -0.2) is 18.2 Å². The van der Waals surface area contributed by atoms with Gasteiger partial charge in [0, 0.05) is 24.5 Å². The van der Waals surface area contributed by atoms with Crippen LogP contribution in [0.1, 0.15) is 49.0 Å². The zero-order valence-corrected chi connectivity index (χ0v) is 15.4. The molecule has 1 atom stereocenters. The van der Waals surface area contributed by atoms with Crippen LogP contribution in [0.15, 0.2) is 18.6 Å². The van der Waals surface area contributed by atoms with Crippen LogP contribution in [0.4, 0.5) is 0 Å². The molecule has 2 fully saturated rings. The Balaban J connectivity index is 1.67. The lowest BCUT2D eigenvalue weighted by atomic mass is 9.93. The van der Waals surface area contributed by atoms with Crippen LogP contribution in [0.5, 0.6) is 0 Å². The number of aromatic nitrogens is 2. The summed E-state index contributed by atoms with van der Waals surface area (Å²) in [6, 6.07) is -0.310. The van der Waals surface area contributed by atoms with Gasteiger partial charge in [0.1, 0.15) is 0 Å². The smallest absolute Gasteiger partial charge is 0.359 e. The Morgan fingerprint density at radius 3 is 2.50 bits per heavy atom. The van der Waals surface area contributed by atoms with E-state index in [0.717, 1.165) is 32.1 Å². The summed E-state index contributed by atoms with van der Waals surface area (Å²) < 4.78 is 28.8. The zero-order valence-electron chi connectivity index (χ0n) is 14.5. The third-order valence-corrected chi connectivity index (χ3v) is 6.71. The minimum Gasteiger partial charge on any atom is -0.451 e. The van der Waals surface area contributed by atoms with Crippen LogP contribution in [-0.4, -0.2) is 65.4 Å². The SMILES string of the molecule is O=C(OCC(=O)N(C1CCCCC1)[C@@H]1CCS(=O)(=O)C1)c1cnccn1. The molecular weight excluding hydrogens is 358 g/mol. The highest BCUT2D eigenvalue weighted by atomic mass is 32.2. The van der Waals surface area contributed by atoms with Gasteiger partial charge in [-0.15, -0.1) is 0 Å². The van der Waals surface area contributed by atoms with Gasteiger partial charge in [0.2, 0.25) is 0 Å². The summed E-state index contributed by atoms with van der Waals surface area (Å²) in [7, 11) is -3.11. The fraction of sp³-hybridized carbons (Fsp3) is 0.647. The van der Waals surface area contributed by atoms with E-state index in [9.17, 15) is 18.0 Å². The Morgan fingerprint density at radius 2 is 1.88 bits per heavy atom. The minimum atomic E-state index is -3.11. The summed E-state index contributed by atoms with van der Waals surface area (Å²) in [4.78, 5) is 34.1. The first-order valence-corrected chi connectivity index (χ1v) is 10.7. The maximum absolute atomic E-state index is 12.8. The summed E-state index contributed by atoms with van der Waals surface area (Å²) in [5, 5.41) is 0. The van der Waals surface area contributed by atoms with Crippen molar-refractivity contribution in [2.45, 2.75) is 50.6 Å². The number of carbonyl (C=O) groups is 2. The minimum absolute atomic E-state index is 0.00660. The van der Waals surface area contributed by atoms with Crippen LogP contribution in [0.25, 0.3) is 0 Å². The molecule has 2 aliphatic rings. The molecule has 1 saturated heterocycles. The third kappa shape index (κ3) is 4.57. The van der Waals surface area contributed by atoms with Crippen molar-refractivity contribution in [3.8, 4) is 0 Å². The summed E-state index contributed by atoms with van der Waals surface area (Å²) in [6.45, 7) is -0.414. The Kier molecular flexibility index (Phi) is 5.85. The Morgan fingerprint density at radius 1 is 1.12 bits per heavy atom. The molecule has 3 rings (SSSR count). The van der Waals surface area contributed by atoms with E-state index >= 15 is 0 Å². The lowest BCUT2D eigenvalue weighted by molar-refractivity contribution is -0.140. The second-order valence-electron chi connectivity index (χ2n) is 6.82. The number of ether oxygens (including phenoxy) is 1. The molecule has 0 unspecified atom stereocenters. The molecule has 1 aliphatic carbocycles. The van der Waals surface area contributed by atoms with E-state index in [4.69, 9.17) is 4.74 Å². The first-order valence-electron chi connectivity index (χ1n) is 8.91. The van der Waals surface area contributed by atoms with Gasteiger partial charge in [0.05, 0.1) is 17.7 Å². The molecule has 2 heterocycles. The number of rotatable bonds is 5. The first kappa shape index (κ1) is 18.8.